The predicted molar refractivity (Wildman–Crippen MR) is 81.3 cm³/mol. The first-order valence-corrected chi connectivity index (χ1v) is 7.55. The van der Waals surface area contributed by atoms with Crippen LogP contribution in [0.25, 0.3) is 0 Å². The molecule has 3 N–H and O–H groups in total. The molecule has 2 aromatic heterocycles. The minimum atomic E-state index is -0.658. The minimum absolute atomic E-state index is 0.0529. The molecule has 0 unspecified atom stereocenters. The lowest BCUT2D eigenvalue weighted by Crippen LogP contribution is -2.42. The van der Waals surface area contributed by atoms with Gasteiger partial charge in [-0.2, -0.15) is 0 Å². The van der Waals surface area contributed by atoms with Crippen molar-refractivity contribution in [2.24, 2.45) is 5.73 Å². The first kappa shape index (κ1) is 15.2. The zero-order valence-electron chi connectivity index (χ0n) is 12.6. The maximum atomic E-state index is 12.8. The Balaban J connectivity index is 1.73. The normalized spacial score (nSPS) is 16.2. The quantitative estimate of drug-likeness (QED) is 0.864. The van der Waals surface area contributed by atoms with Crippen molar-refractivity contribution in [3.63, 3.8) is 0 Å². The van der Waals surface area contributed by atoms with Gasteiger partial charge in [-0.05, 0) is 24.5 Å². The SMILES string of the molecule is NC(=O)c1coc(CNC(=O)C2(c3cccnc3)CCCC2)n1. The summed E-state index contributed by atoms with van der Waals surface area (Å²) in [5, 5.41) is 2.86. The number of hydrogen-bond acceptors (Lipinski definition) is 5. The molecule has 1 aliphatic carbocycles. The van der Waals surface area contributed by atoms with Crippen LogP contribution in [0.2, 0.25) is 0 Å². The number of carbonyl (C=O) groups excluding carboxylic acids is 2. The maximum absolute atomic E-state index is 12.8. The van der Waals surface area contributed by atoms with Crippen LogP contribution in [0, 0.1) is 0 Å². The number of hydrogen-bond donors (Lipinski definition) is 2. The highest BCUT2D eigenvalue weighted by molar-refractivity contribution is 5.90. The second-order valence-electron chi connectivity index (χ2n) is 5.70. The first-order valence-electron chi connectivity index (χ1n) is 7.55. The second-order valence-corrected chi connectivity index (χ2v) is 5.70. The lowest BCUT2D eigenvalue weighted by atomic mass is 9.79. The maximum Gasteiger partial charge on any atom is 0.270 e. The van der Waals surface area contributed by atoms with Crippen molar-refractivity contribution in [2.75, 3.05) is 0 Å². The fourth-order valence-electron chi connectivity index (χ4n) is 3.10. The number of nitrogens with zero attached hydrogens (tertiary/aromatic N) is 2. The summed E-state index contributed by atoms with van der Waals surface area (Å²) in [5.74, 6) is -0.470. The van der Waals surface area contributed by atoms with E-state index < -0.39 is 11.3 Å². The summed E-state index contributed by atoms with van der Waals surface area (Å²) in [7, 11) is 0. The van der Waals surface area contributed by atoms with Gasteiger partial charge in [0.25, 0.3) is 5.91 Å². The molecule has 1 aliphatic rings. The van der Waals surface area contributed by atoms with E-state index in [9.17, 15) is 9.59 Å². The molecule has 0 radical (unpaired) electrons. The second kappa shape index (κ2) is 6.20. The summed E-state index contributed by atoms with van der Waals surface area (Å²) in [6.07, 6.45) is 8.24. The summed E-state index contributed by atoms with van der Waals surface area (Å²) in [4.78, 5) is 31.9. The average molecular weight is 314 g/mol. The van der Waals surface area contributed by atoms with Gasteiger partial charge in [0, 0.05) is 12.4 Å². The van der Waals surface area contributed by atoms with Crippen molar-refractivity contribution in [3.8, 4) is 0 Å². The Hall–Kier alpha value is -2.70. The van der Waals surface area contributed by atoms with Crippen LogP contribution in [0.3, 0.4) is 0 Å². The molecule has 0 aliphatic heterocycles. The summed E-state index contributed by atoms with van der Waals surface area (Å²) < 4.78 is 5.14. The molecule has 2 aromatic rings. The number of amides is 2. The third-order valence-corrected chi connectivity index (χ3v) is 4.31. The van der Waals surface area contributed by atoms with Crippen LogP contribution in [0.5, 0.6) is 0 Å². The van der Waals surface area contributed by atoms with E-state index in [2.05, 4.69) is 15.3 Å². The van der Waals surface area contributed by atoms with Gasteiger partial charge in [-0.1, -0.05) is 18.9 Å². The lowest BCUT2D eigenvalue weighted by Gasteiger charge is -2.27. The van der Waals surface area contributed by atoms with Gasteiger partial charge in [0.1, 0.15) is 6.26 Å². The number of nitrogens with one attached hydrogen (secondary N) is 1. The Morgan fingerprint density at radius 1 is 1.35 bits per heavy atom. The molecule has 7 heteroatoms. The number of aromatic nitrogens is 2. The molecule has 23 heavy (non-hydrogen) atoms. The zero-order chi connectivity index (χ0) is 16.3. The van der Waals surface area contributed by atoms with Crippen LogP contribution in [0.1, 0.15) is 47.6 Å². The van der Waals surface area contributed by atoms with E-state index in [1.807, 2.05) is 12.1 Å². The minimum Gasteiger partial charge on any atom is -0.446 e. The predicted octanol–water partition coefficient (Wildman–Crippen LogP) is 1.30. The molecule has 2 amide bonds. The summed E-state index contributed by atoms with van der Waals surface area (Å²) in [5.41, 5.74) is 5.56. The number of pyridine rings is 1. The zero-order valence-corrected chi connectivity index (χ0v) is 12.6. The average Bonchev–Trinajstić information content (AvgIpc) is 3.23. The van der Waals surface area contributed by atoms with Gasteiger partial charge in [0.15, 0.2) is 5.69 Å². The molecule has 7 nitrogen and oxygen atoms in total. The van der Waals surface area contributed by atoms with E-state index in [1.54, 1.807) is 12.4 Å². The Bertz CT molecular complexity index is 705. The van der Waals surface area contributed by atoms with E-state index in [0.717, 1.165) is 31.2 Å². The number of rotatable bonds is 5. The Morgan fingerprint density at radius 3 is 2.74 bits per heavy atom. The highest BCUT2D eigenvalue weighted by Gasteiger charge is 2.42. The number of nitrogens with two attached hydrogens (primary N) is 1. The smallest absolute Gasteiger partial charge is 0.270 e. The van der Waals surface area contributed by atoms with Crippen molar-refractivity contribution in [3.05, 3.63) is 47.9 Å². The molecular weight excluding hydrogens is 296 g/mol. The van der Waals surface area contributed by atoms with E-state index in [-0.39, 0.29) is 24.0 Å². The van der Waals surface area contributed by atoms with Gasteiger partial charge in [-0.3, -0.25) is 14.6 Å². The summed E-state index contributed by atoms with van der Waals surface area (Å²) in [6, 6.07) is 3.78. The topological polar surface area (TPSA) is 111 Å². The lowest BCUT2D eigenvalue weighted by molar-refractivity contribution is -0.127. The van der Waals surface area contributed by atoms with Gasteiger partial charge in [0.05, 0.1) is 12.0 Å². The van der Waals surface area contributed by atoms with Crippen LogP contribution in [0.4, 0.5) is 0 Å². The van der Waals surface area contributed by atoms with E-state index in [1.165, 1.54) is 6.26 Å². The Kier molecular flexibility index (Phi) is 4.10. The van der Waals surface area contributed by atoms with Crippen molar-refractivity contribution in [1.29, 1.82) is 0 Å². The van der Waals surface area contributed by atoms with Crippen molar-refractivity contribution in [2.45, 2.75) is 37.6 Å². The third-order valence-electron chi connectivity index (χ3n) is 4.31. The van der Waals surface area contributed by atoms with Crippen LogP contribution in [0.15, 0.2) is 35.2 Å². The molecule has 0 spiro atoms. The van der Waals surface area contributed by atoms with Crippen molar-refractivity contribution >= 4 is 11.8 Å². The molecule has 1 saturated carbocycles. The third kappa shape index (κ3) is 2.94. The van der Waals surface area contributed by atoms with Gasteiger partial charge >= 0.3 is 0 Å². The monoisotopic (exact) mass is 314 g/mol. The Morgan fingerprint density at radius 2 is 2.13 bits per heavy atom. The fraction of sp³-hybridized carbons (Fsp3) is 0.375. The van der Waals surface area contributed by atoms with Gasteiger partial charge in [0.2, 0.25) is 11.8 Å². The molecular formula is C16H18N4O3. The molecule has 0 atom stereocenters. The van der Waals surface area contributed by atoms with Gasteiger partial charge in [-0.25, -0.2) is 4.98 Å². The van der Waals surface area contributed by atoms with Gasteiger partial charge in [-0.15, -0.1) is 0 Å². The first-order chi connectivity index (χ1) is 11.1. The molecule has 0 bridgehead atoms. The van der Waals surface area contributed by atoms with Crippen LogP contribution >= 0.6 is 0 Å². The van der Waals surface area contributed by atoms with Crippen molar-refractivity contribution < 1.29 is 14.0 Å². The fourth-order valence-corrected chi connectivity index (χ4v) is 3.10. The summed E-state index contributed by atoms with van der Waals surface area (Å²) >= 11 is 0. The molecule has 3 rings (SSSR count). The van der Waals surface area contributed by atoms with Gasteiger partial charge < -0.3 is 15.5 Å². The summed E-state index contributed by atoms with van der Waals surface area (Å²) in [6.45, 7) is 0.119. The van der Waals surface area contributed by atoms with Crippen LogP contribution in [-0.2, 0) is 16.8 Å². The number of primary amides is 1. The van der Waals surface area contributed by atoms with Crippen LogP contribution < -0.4 is 11.1 Å². The highest BCUT2D eigenvalue weighted by atomic mass is 16.3. The van der Waals surface area contributed by atoms with E-state index in [0.29, 0.717) is 0 Å². The van der Waals surface area contributed by atoms with Crippen LogP contribution in [-0.4, -0.2) is 21.8 Å². The number of carbonyl (C=O) groups is 2. The molecule has 0 aromatic carbocycles. The largest absolute Gasteiger partial charge is 0.446 e. The van der Waals surface area contributed by atoms with E-state index in [4.69, 9.17) is 10.2 Å². The van der Waals surface area contributed by atoms with E-state index >= 15 is 0 Å². The molecule has 0 saturated heterocycles. The number of oxazole rings is 1. The molecule has 120 valence electrons. The standard InChI is InChI=1S/C16H18N4O3/c17-14(21)12-10-23-13(20-12)9-19-15(22)16(5-1-2-6-16)11-4-3-7-18-8-11/h3-4,7-8,10H,1-2,5-6,9H2,(H2,17,21)(H,19,22). The Labute approximate surface area is 133 Å². The molecule has 1 fully saturated rings. The highest BCUT2D eigenvalue weighted by Crippen LogP contribution is 2.41. The molecule has 2 heterocycles. The van der Waals surface area contributed by atoms with Crippen molar-refractivity contribution in [1.82, 2.24) is 15.3 Å².